The van der Waals surface area contributed by atoms with Crippen molar-refractivity contribution in [1.82, 2.24) is 10.2 Å². The van der Waals surface area contributed by atoms with Crippen molar-refractivity contribution in [2.24, 2.45) is 0 Å². The summed E-state index contributed by atoms with van der Waals surface area (Å²) in [5.41, 5.74) is 1.89. The average Bonchev–Trinajstić information content (AvgIpc) is 2.68. The number of fused-ring (bicyclic) bond motifs is 1. The Hall–Kier alpha value is -2.87. The van der Waals surface area contributed by atoms with Gasteiger partial charge in [0.05, 0.1) is 24.8 Å². The summed E-state index contributed by atoms with van der Waals surface area (Å²) in [5.74, 6) is -5.33. The zero-order valence-corrected chi connectivity index (χ0v) is 16.0. The number of anilines is 1. The van der Waals surface area contributed by atoms with Crippen molar-refractivity contribution in [2.75, 3.05) is 25.5 Å². The fraction of sp³-hybridized carbons (Fsp3) is 0.333. The summed E-state index contributed by atoms with van der Waals surface area (Å²) in [4.78, 5) is 25.9. The van der Waals surface area contributed by atoms with Crippen LogP contribution >= 0.6 is 0 Å². The normalized spacial score (nSPS) is 15.7. The third kappa shape index (κ3) is 5.14. The van der Waals surface area contributed by atoms with E-state index >= 15 is 0 Å². The van der Waals surface area contributed by atoms with Crippen molar-refractivity contribution < 1.29 is 22.8 Å². The molecule has 5 nitrogen and oxygen atoms in total. The Labute approximate surface area is 166 Å². The summed E-state index contributed by atoms with van der Waals surface area (Å²) >= 11 is 0. The predicted molar refractivity (Wildman–Crippen MR) is 103 cm³/mol. The van der Waals surface area contributed by atoms with Gasteiger partial charge in [-0.2, -0.15) is 0 Å². The van der Waals surface area contributed by atoms with Crippen molar-refractivity contribution >= 4 is 17.5 Å². The highest BCUT2D eigenvalue weighted by Gasteiger charge is 2.22. The second-order valence-corrected chi connectivity index (χ2v) is 7.15. The molecule has 0 saturated heterocycles. The molecule has 29 heavy (non-hydrogen) atoms. The molecule has 0 bridgehead atoms. The number of hydrogen-bond donors (Lipinski definition) is 2. The molecule has 2 N–H and O–H groups in total. The van der Waals surface area contributed by atoms with Gasteiger partial charge in [-0.1, -0.05) is 24.3 Å². The lowest BCUT2D eigenvalue weighted by molar-refractivity contribution is -0.123. The SMILES string of the molecule is CN(CC(=O)Nc1ccc(F)c(F)c1F)CC(=O)NC1CCCc2ccccc21. The summed E-state index contributed by atoms with van der Waals surface area (Å²) in [5, 5.41) is 5.17. The van der Waals surface area contributed by atoms with Gasteiger partial charge < -0.3 is 10.6 Å². The molecule has 2 aromatic carbocycles. The maximum absolute atomic E-state index is 13.6. The van der Waals surface area contributed by atoms with Gasteiger partial charge in [0.15, 0.2) is 17.5 Å². The van der Waals surface area contributed by atoms with E-state index in [-0.39, 0.29) is 25.0 Å². The summed E-state index contributed by atoms with van der Waals surface area (Å²) in [7, 11) is 1.57. The van der Waals surface area contributed by atoms with Gasteiger partial charge >= 0.3 is 0 Å². The minimum Gasteiger partial charge on any atom is -0.348 e. The number of nitrogens with zero attached hydrogens (tertiary/aromatic N) is 1. The highest BCUT2D eigenvalue weighted by atomic mass is 19.2. The van der Waals surface area contributed by atoms with Crippen LogP contribution in [-0.2, 0) is 16.0 Å². The lowest BCUT2D eigenvalue weighted by Crippen LogP contribution is -2.40. The molecule has 1 unspecified atom stereocenters. The molecule has 0 aromatic heterocycles. The van der Waals surface area contributed by atoms with E-state index in [4.69, 9.17) is 0 Å². The maximum atomic E-state index is 13.6. The molecule has 0 saturated carbocycles. The van der Waals surface area contributed by atoms with Crippen LogP contribution in [0.25, 0.3) is 0 Å². The fourth-order valence-corrected chi connectivity index (χ4v) is 3.50. The highest BCUT2D eigenvalue weighted by molar-refractivity contribution is 5.92. The first kappa shape index (κ1) is 20.9. The minimum absolute atomic E-state index is 0.0354. The second kappa shape index (κ2) is 9.09. The Kier molecular flexibility index (Phi) is 6.53. The number of carbonyl (C=O) groups excluding carboxylic acids is 2. The molecule has 154 valence electrons. The lowest BCUT2D eigenvalue weighted by Gasteiger charge is -2.27. The van der Waals surface area contributed by atoms with Gasteiger partial charge in [-0.25, -0.2) is 13.2 Å². The van der Waals surface area contributed by atoms with Crippen LogP contribution in [0.5, 0.6) is 0 Å². The number of rotatable bonds is 6. The Bertz CT molecular complexity index is 920. The van der Waals surface area contributed by atoms with E-state index in [1.807, 2.05) is 18.2 Å². The predicted octanol–water partition coefficient (Wildman–Crippen LogP) is 3.17. The van der Waals surface area contributed by atoms with Gasteiger partial charge in [-0.15, -0.1) is 0 Å². The Morgan fingerprint density at radius 1 is 1.03 bits per heavy atom. The van der Waals surface area contributed by atoms with E-state index in [9.17, 15) is 22.8 Å². The first-order valence-electron chi connectivity index (χ1n) is 9.34. The Morgan fingerprint density at radius 2 is 1.76 bits per heavy atom. The zero-order chi connectivity index (χ0) is 21.0. The van der Waals surface area contributed by atoms with E-state index in [0.717, 1.165) is 37.0 Å². The molecule has 2 aromatic rings. The number of carbonyl (C=O) groups is 2. The molecule has 0 spiro atoms. The van der Waals surface area contributed by atoms with Crippen molar-refractivity contribution in [2.45, 2.75) is 25.3 Å². The number of benzene rings is 2. The van der Waals surface area contributed by atoms with Gasteiger partial charge in [-0.3, -0.25) is 14.5 Å². The number of nitrogens with one attached hydrogen (secondary N) is 2. The average molecular weight is 405 g/mol. The summed E-state index contributed by atoms with van der Waals surface area (Å²) in [6, 6.07) is 9.59. The molecule has 1 aliphatic rings. The molecule has 8 heteroatoms. The third-order valence-electron chi connectivity index (χ3n) is 4.84. The van der Waals surface area contributed by atoms with Crippen molar-refractivity contribution in [1.29, 1.82) is 0 Å². The minimum atomic E-state index is -1.65. The summed E-state index contributed by atoms with van der Waals surface area (Å²) < 4.78 is 39.8. The number of hydrogen-bond acceptors (Lipinski definition) is 3. The quantitative estimate of drug-likeness (QED) is 0.726. The first-order chi connectivity index (χ1) is 13.8. The number of halogens is 3. The van der Waals surface area contributed by atoms with Crippen LogP contribution in [0.3, 0.4) is 0 Å². The highest BCUT2D eigenvalue weighted by Crippen LogP contribution is 2.29. The van der Waals surface area contributed by atoms with Crippen molar-refractivity contribution in [3.05, 3.63) is 65.0 Å². The number of likely N-dealkylation sites (N-methyl/N-ethyl adjacent to an activating group) is 1. The molecular weight excluding hydrogens is 383 g/mol. The van der Waals surface area contributed by atoms with Gasteiger partial charge in [0.2, 0.25) is 11.8 Å². The van der Waals surface area contributed by atoms with E-state index in [2.05, 4.69) is 16.7 Å². The van der Waals surface area contributed by atoms with Gasteiger partial charge in [0.25, 0.3) is 0 Å². The standard InChI is InChI=1S/C21H22F3N3O2/c1-27(12-19(29)26-17-10-9-15(22)20(23)21(17)24)11-18(28)25-16-8-4-6-13-5-2-3-7-14(13)16/h2-3,5,7,9-10,16H,4,6,8,11-12H2,1H3,(H,25,28)(H,26,29). The molecule has 1 atom stereocenters. The first-order valence-corrected chi connectivity index (χ1v) is 9.34. The molecule has 3 rings (SSSR count). The maximum Gasteiger partial charge on any atom is 0.238 e. The van der Waals surface area contributed by atoms with Crippen molar-refractivity contribution in [3.63, 3.8) is 0 Å². The zero-order valence-electron chi connectivity index (χ0n) is 16.0. The Morgan fingerprint density at radius 3 is 2.55 bits per heavy atom. The van der Waals surface area contributed by atoms with E-state index < -0.39 is 29.0 Å². The monoisotopic (exact) mass is 405 g/mol. The van der Waals surface area contributed by atoms with Crippen LogP contribution < -0.4 is 10.6 Å². The molecular formula is C21H22F3N3O2. The number of amides is 2. The van der Waals surface area contributed by atoms with E-state index in [1.54, 1.807) is 7.05 Å². The molecule has 0 aliphatic heterocycles. The molecule has 1 aliphatic carbocycles. The fourth-order valence-electron chi connectivity index (χ4n) is 3.50. The van der Waals surface area contributed by atoms with E-state index in [1.165, 1.54) is 10.5 Å². The topological polar surface area (TPSA) is 61.4 Å². The largest absolute Gasteiger partial charge is 0.348 e. The Balaban J connectivity index is 1.52. The van der Waals surface area contributed by atoms with Crippen molar-refractivity contribution in [3.8, 4) is 0 Å². The summed E-state index contributed by atoms with van der Waals surface area (Å²) in [6.07, 6.45) is 2.82. The smallest absolute Gasteiger partial charge is 0.238 e. The summed E-state index contributed by atoms with van der Waals surface area (Å²) in [6.45, 7) is -0.251. The second-order valence-electron chi connectivity index (χ2n) is 7.15. The number of aryl methyl sites for hydroxylation is 1. The van der Waals surface area contributed by atoms with Crippen LogP contribution in [0.4, 0.5) is 18.9 Å². The van der Waals surface area contributed by atoms with Gasteiger partial charge in [0, 0.05) is 0 Å². The van der Waals surface area contributed by atoms with Crippen LogP contribution in [0.15, 0.2) is 36.4 Å². The molecule has 0 radical (unpaired) electrons. The van der Waals surface area contributed by atoms with Crippen LogP contribution in [-0.4, -0.2) is 36.9 Å². The van der Waals surface area contributed by atoms with Crippen LogP contribution in [0, 0.1) is 17.5 Å². The van der Waals surface area contributed by atoms with Crippen LogP contribution in [0.1, 0.15) is 30.0 Å². The lowest BCUT2D eigenvalue weighted by atomic mass is 9.88. The molecule has 0 heterocycles. The van der Waals surface area contributed by atoms with Crippen LogP contribution in [0.2, 0.25) is 0 Å². The van der Waals surface area contributed by atoms with Gasteiger partial charge in [0.1, 0.15) is 0 Å². The third-order valence-corrected chi connectivity index (χ3v) is 4.84. The molecule has 2 amide bonds. The van der Waals surface area contributed by atoms with Gasteiger partial charge in [-0.05, 0) is 49.6 Å². The molecule has 0 fully saturated rings. The van der Waals surface area contributed by atoms with E-state index in [0.29, 0.717) is 0 Å².